The van der Waals surface area contributed by atoms with Crippen LogP contribution < -0.4 is 10.6 Å². The minimum Gasteiger partial charge on any atom is -0.444 e. The Labute approximate surface area is 196 Å². The fourth-order valence-electron chi connectivity index (χ4n) is 3.50. The van der Waals surface area contributed by atoms with Gasteiger partial charge in [0.05, 0.1) is 0 Å². The number of carbonyl (C=O) groups excluding carboxylic acids is 2. The number of aromatic nitrogens is 1. The number of hydrogen-bond donors (Lipinski definition) is 3. The SMILES string of the molecule is Cc1cc(I)cc(C)c1NC(=O)[C@@H](Cc1c[nH]c2ccccc12)NC(=O)OC(C)(C)C. The molecule has 6 nitrogen and oxygen atoms in total. The lowest BCUT2D eigenvalue weighted by atomic mass is 10.0. The van der Waals surface area contributed by atoms with Crippen molar-refractivity contribution in [2.75, 3.05) is 5.32 Å². The molecular formula is C24H28IN3O3. The summed E-state index contributed by atoms with van der Waals surface area (Å²) in [5, 5.41) is 6.79. The summed E-state index contributed by atoms with van der Waals surface area (Å²) in [7, 11) is 0. The molecule has 1 atom stereocenters. The number of para-hydroxylation sites is 1. The van der Waals surface area contributed by atoms with E-state index in [1.54, 1.807) is 20.8 Å². The van der Waals surface area contributed by atoms with E-state index in [4.69, 9.17) is 4.74 Å². The predicted octanol–water partition coefficient (Wildman–Crippen LogP) is 5.46. The van der Waals surface area contributed by atoms with Crippen LogP contribution in [0, 0.1) is 17.4 Å². The highest BCUT2D eigenvalue weighted by atomic mass is 127. The Morgan fingerprint density at radius 3 is 2.42 bits per heavy atom. The number of aryl methyl sites for hydroxylation is 2. The molecule has 2 amide bonds. The monoisotopic (exact) mass is 533 g/mol. The molecule has 0 spiro atoms. The van der Waals surface area contributed by atoms with E-state index in [-0.39, 0.29) is 5.91 Å². The molecule has 164 valence electrons. The summed E-state index contributed by atoms with van der Waals surface area (Å²) in [6, 6.07) is 11.1. The summed E-state index contributed by atoms with van der Waals surface area (Å²) in [6.07, 6.45) is 1.59. The highest BCUT2D eigenvalue weighted by Crippen LogP contribution is 2.24. The molecule has 3 rings (SSSR count). The molecule has 2 aromatic carbocycles. The number of ether oxygens (including phenoxy) is 1. The van der Waals surface area contributed by atoms with Crippen LogP contribution in [0.1, 0.15) is 37.5 Å². The van der Waals surface area contributed by atoms with Crippen molar-refractivity contribution in [3.63, 3.8) is 0 Å². The van der Waals surface area contributed by atoms with Crippen molar-refractivity contribution in [1.82, 2.24) is 10.3 Å². The Morgan fingerprint density at radius 2 is 1.77 bits per heavy atom. The summed E-state index contributed by atoms with van der Waals surface area (Å²) in [5.41, 5.74) is 3.98. The Hall–Kier alpha value is -2.55. The molecule has 0 radical (unpaired) electrons. The first-order valence-electron chi connectivity index (χ1n) is 10.2. The zero-order valence-corrected chi connectivity index (χ0v) is 20.6. The molecule has 0 aliphatic heterocycles. The average Bonchev–Trinajstić information content (AvgIpc) is 3.05. The molecule has 1 heterocycles. The van der Waals surface area contributed by atoms with Crippen LogP contribution in [0.3, 0.4) is 0 Å². The zero-order chi connectivity index (χ0) is 22.8. The third-order valence-electron chi connectivity index (χ3n) is 4.85. The van der Waals surface area contributed by atoms with Crippen LogP contribution in [0.4, 0.5) is 10.5 Å². The number of fused-ring (bicyclic) bond motifs is 1. The van der Waals surface area contributed by atoms with Gasteiger partial charge in [0.15, 0.2) is 0 Å². The van der Waals surface area contributed by atoms with E-state index >= 15 is 0 Å². The van der Waals surface area contributed by atoms with Crippen molar-refractivity contribution in [1.29, 1.82) is 0 Å². The first kappa shape index (κ1) is 23.1. The lowest BCUT2D eigenvalue weighted by molar-refractivity contribution is -0.118. The van der Waals surface area contributed by atoms with Gasteiger partial charge < -0.3 is 20.4 Å². The van der Waals surface area contributed by atoms with Crippen LogP contribution in [-0.4, -0.2) is 28.6 Å². The van der Waals surface area contributed by atoms with Gasteiger partial charge >= 0.3 is 6.09 Å². The summed E-state index contributed by atoms with van der Waals surface area (Å²) in [4.78, 5) is 29.0. The average molecular weight is 533 g/mol. The molecule has 1 aromatic heterocycles. The van der Waals surface area contributed by atoms with Crippen molar-refractivity contribution in [3.8, 4) is 0 Å². The molecule has 0 aliphatic carbocycles. The Morgan fingerprint density at radius 1 is 1.13 bits per heavy atom. The molecule has 0 saturated heterocycles. The number of alkyl carbamates (subject to hydrolysis) is 1. The van der Waals surface area contributed by atoms with E-state index in [2.05, 4.69) is 38.2 Å². The number of benzene rings is 2. The van der Waals surface area contributed by atoms with E-state index < -0.39 is 17.7 Å². The van der Waals surface area contributed by atoms with Gasteiger partial charge in [0.1, 0.15) is 11.6 Å². The van der Waals surface area contributed by atoms with E-state index in [1.807, 2.05) is 56.4 Å². The zero-order valence-electron chi connectivity index (χ0n) is 18.4. The second-order valence-electron chi connectivity index (χ2n) is 8.67. The number of aromatic amines is 1. The molecule has 7 heteroatoms. The fourth-order valence-corrected chi connectivity index (χ4v) is 4.43. The number of H-pyrrole nitrogens is 1. The molecule has 0 aliphatic rings. The van der Waals surface area contributed by atoms with Gasteiger partial charge in [-0.1, -0.05) is 18.2 Å². The van der Waals surface area contributed by atoms with Crippen LogP contribution in [0.15, 0.2) is 42.6 Å². The van der Waals surface area contributed by atoms with Crippen LogP contribution in [0.2, 0.25) is 0 Å². The molecule has 0 fully saturated rings. The summed E-state index contributed by atoms with van der Waals surface area (Å²) < 4.78 is 6.50. The quantitative estimate of drug-likeness (QED) is 0.381. The maximum absolute atomic E-state index is 13.3. The molecule has 0 unspecified atom stereocenters. The topological polar surface area (TPSA) is 83.2 Å². The van der Waals surface area contributed by atoms with E-state index in [0.29, 0.717) is 6.42 Å². The third-order valence-corrected chi connectivity index (χ3v) is 5.47. The molecule has 31 heavy (non-hydrogen) atoms. The van der Waals surface area contributed by atoms with E-state index in [0.717, 1.165) is 36.9 Å². The van der Waals surface area contributed by atoms with Crippen LogP contribution in [0.25, 0.3) is 10.9 Å². The smallest absolute Gasteiger partial charge is 0.408 e. The maximum Gasteiger partial charge on any atom is 0.408 e. The van der Waals surface area contributed by atoms with Gasteiger partial charge in [-0.3, -0.25) is 4.79 Å². The Bertz CT molecular complexity index is 1090. The van der Waals surface area contributed by atoms with E-state index in [9.17, 15) is 9.59 Å². The largest absolute Gasteiger partial charge is 0.444 e. The normalized spacial score (nSPS) is 12.5. The Kier molecular flexibility index (Phi) is 6.93. The molecule has 0 bridgehead atoms. The van der Waals surface area contributed by atoms with Gasteiger partial charge in [-0.05, 0) is 92.1 Å². The van der Waals surface area contributed by atoms with Gasteiger partial charge in [-0.15, -0.1) is 0 Å². The summed E-state index contributed by atoms with van der Waals surface area (Å²) in [6.45, 7) is 9.29. The third kappa shape index (κ3) is 6.00. The second kappa shape index (κ2) is 9.30. The van der Waals surface area contributed by atoms with Crippen LogP contribution in [0.5, 0.6) is 0 Å². The number of nitrogens with one attached hydrogen (secondary N) is 3. The van der Waals surface area contributed by atoms with Gasteiger partial charge in [-0.25, -0.2) is 4.79 Å². The van der Waals surface area contributed by atoms with Crippen molar-refractivity contribution in [3.05, 3.63) is 62.9 Å². The number of amides is 2. The number of anilines is 1. The lowest BCUT2D eigenvalue weighted by Crippen LogP contribution is -2.47. The van der Waals surface area contributed by atoms with Crippen LogP contribution in [-0.2, 0) is 16.0 Å². The first-order chi connectivity index (χ1) is 14.5. The standard InChI is InChI=1S/C24H28IN3O3/c1-14-10-17(25)11-15(2)21(14)28-22(29)20(27-23(30)31-24(3,4)5)12-16-13-26-19-9-7-6-8-18(16)19/h6-11,13,20,26H,12H2,1-5H3,(H,27,30)(H,28,29)/t20-/m1/s1. The Balaban J connectivity index is 1.87. The van der Waals surface area contributed by atoms with Gasteiger partial charge in [0.2, 0.25) is 5.91 Å². The minimum atomic E-state index is -0.799. The van der Waals surface area contributed by atoms with Crippen LogP contribution >= 0.6 is 22.6 Å². The summed E-state index contributed by atoms with van der Waals surface area (Å²) in [5.74, 6) is -0.288. The van der Waals surface area contributed by atoms with Gasteiger partial charge in [0.25, 0.3) is 0 Å². The molecule has 3 aromatic rings. The maximum atomic E-state index is 13.3. The minimum absolute atomic E-state index is 0.288. The second-order valence-corrected chi connectivity index (χ2v) is 9.91. The molecular weight excluding hydrogens is 505 g/mol. The number of rotatable bonds is 5. The number of carbonyl (C=O) groups is 2. The van der Waals surface area contributed by atoms with Crippen molar-refractivity contribution < 1.29 is 14.3 Å². The van der Waals surface area contributed by atoms with E-state index in [1.165, 1.54) is 0 Å². The molecule has 3 N–H and O–H groups in total. The lowest BCUT2D eigenvalue weighted by Gasteiger charge is -2.24. The predicted molar refractivity (Wildman–Crippen MR) is 132 cm³/mol. The number of hydrogen-bond acceptors (Lipinski definition) is 3. The highest BCUT2D eigenvalue weighted by molar-refractivity contribution is 14.1. The van der Waals surface area contributed by atoms with Gasteiger partial charge in [0, 0.05) is 32.8 Å². The first-order valence-corrected chi connectivity index (χ1v) is 11.2. The molecule has 0 saturated carbocycles. The van der Waals surface area contributed by atoms with Crippen molar-refractivity contribution >= 4 is 51.2 Å². The van der Waals surface area contributed by atoms with Gasteiger partial charge in [-0.2, -0.15) is 0 Å². The fraction of sp³-hybridized carbons (Fsp3) is 0.333. The van der Waals surface area contributed by atoms with Crippen molar-refractivity contribution in [2.45, 2.75) is 52.7 Å². The highest BCUT2D eigenvalue weighted by Gasteiger charge is 2.26. The summed E-state index contributed by atoms with van der Waals surface area (Å²) >= 11 is 2.26. The van der Waals surface area contributed by atoms with Crippen molar-refractivity contribution in [2.24, 2.45) is 0 Å². The number of halogens is 1.